The Kier molecular flexibility index (Phi) is 5.71. The molecule has 2 aliphatic rings. The van der Waals surface area contributed by atoms with Gasteiger partial charge in [0.2, 0.25) is 0 Å². The standard InChI is InChI=1S/C23H25N3O7/c1-23(2,3)32-22(30)25-11-12-31-13-18(25)16-9-10-17(24(16)4)21(29)33-26-19(27)14-7-5-6-8-15(14)20(26)28/h5-10,18H,11-13H2,1-4H3. The average Bonchev–Trinajstić information content (AvgIpc) is 3.26. The summed E-state index contributed by atoms with van der Waals surface area (Å²) in [4.78, 5) is 57.3. The second kappa shape index (κ2) is 8.36. The minimum absolute atomic E-state index is 0.108. The van der Waals surface area contributed by atoms with Crippen LogP contribution in [0.15, 0.2) is 36.4 Å². The normalized spacial score (nSPS) is 18.4. The van der Waals surface area contributed by atoms with Crippen LogP contribution in [0.25, 0.3) is 0 Å². The Hall–Kier alpha value is -3.66. The van der Waals surface area contributed by atoms with E-state index in [0.717, 1.165) is 0 Å². The second-order valence-corrected chi connectivity index (χ2v) is 8.80. The number of rotatable bonds is 3. The van der Waals surface area contributed by atoms with E-state index in [1.54, 1.807) is 55.5 Å². The summed E-state index contributed by atoms with van der Waals surface area (Å²) in [6, 6.07) is 8.95. The molecule has 4 rings (SSSR count). The molecule has 10 heteroatoms. The van der Waals surface area contributed by atoms with E-state index >= 15 is 0 Å². The number of amides is 3. The van der Waals surface area contributed by atoms with Crippen LogP contribution in [0, 0.1) is 0 Å². The maximum atomic E-state index is 12.8. The fraction of sp³-hybridized carbons (Fsp3) is 0.391. The first-order chi connectivity index (χ1) is 15.6. The van der Waals surface area contributed by atoms with E-state index in [-0.39, 0.29) is 23.4 Å². The number of benzene rings is 1. The quantitative estimate of drug-likeness (QED) is 0.655. The summed E-state index contributed by atoms with van der Waals surface area (Å²) in [5, 5.41) is 0.469. The summed E-state index contributed by atoms with van der Waals surface area (Å²) in [7, 11) is 1.64. The molecule has 1 fully saturated rings. The van der Waals surface area contributed by atoms with E-state index in [2.05, 4.69) is 0 Å². The molecule has 1 aromatic carbocycles. The first-order valence-corrected chi connectivity index (χ1v) is 10.5. The van der Waals surface area contributed by atoms with Crippen LogP contribution in [0.5, 0.6) is 0 Å². The van der Waals surface area contributed by atoms with Crippen molar-refractivity contribution < 1.29 is 33.5 Å². The predicted molar refractivity (Wildman–Crippen MR) is 114 cm³/mol. The number of hydrogen-bond donors (Lipinski definition) is 0. The van der Waals surface area contributed by atoms with Gasteiger partial charge in [-0.2, -0.15) is 0 Å². The number of aromatic nitrogens is 1. The van der Waals surface area contributed by atoms with E-state index in [0.29, 0.717) is 23.9 Å². The summed E-state index contributed by atoms with van der Waals surface area (Å²) in [5.74, 6) is -2.27. The molecule has 10 nitrogen and oxygen atoms in total. The number of hydrogen-bond acceptors (Lipinski definition) is 7. The zero-order valence-corrected chi connectivity index (χ0v) is 18.9. The highest BCUT2D eigenvalue weighted by Crippen LogP contribution is 2.28. The Morgan fingerprint density at radius 1 is 1.03 bits per heavy atom. The highest BCUT2D eigenvalue weighted by molar-refractivity contribution is 6.21. The van der Waals surface area contributed by atoms with Crippen molar-refractivity contribution in [1.29, 1.82) is 0 Å². The number of hydroxylamine groups is 2. The molecule has 3 amide bonds. The molecule has 2 aliphatic heterocycles. The molecular weight excluding hydrogens is 430 g/mol. The van der Waals surface area contributed by atoms with Gasteiger partial charge >= 0.3 is 12.1 Å². The first-order valence-electron chi connectivity index (χ1n) is 10.5. The fourth-order valence-electron chi connectivity index (χ4n) is 3.83. The van der Waals surface area contributed by atoms with Gasteiger partial charge in [-0.3, -0.25) is 14.5 Å². The summed E-state index contributed by atoms with van der Waals surface area (Å²) in [5.41, 5.74) is 0.423. The van der Waals surface area contributed by atoms with Gasteiger partial charge in [-0.1, -0.05) is 17.2 Å². The van der Waals surface area contributed by atoms with Gasteiger partial charge in [0.1, 0.15) is 11.3 Å². The van der Waals surface area contributed by atoms with E-state index in [1.165, 1.54) is 18.2 Å². The van der Waals surface area contributed by atoms with Crippen LogP contribution < -0.4 is 0 Å². The molecule has 0 bridgehead atoms. The van der Waals surface area contributed by atoms with Gasteiger partial charge in [0.15, 0.2) is 0 Å². The lowest BCUT2D eigenvalue weighted by Crippen LogP contribution is -2.46. The number of fused-ring (bicyclic) bond motifs is 1. The van der Waals surface area contributed by atoms with Gasteiger partial charge in [0.05, 0.1) is 30.4 Å². The SMILES string of the molecule is Cn1c(C(=O)ON2C(=O)c3ccccc3C2=O)ccc1C1COCCN1C(=O)OC(C)(C)C. The van der Waals surface area contributed by atoms with Crippen molar-refractivity contribution in [2.75, 3.05) is 19.8 Å². The van der Waals surface area contributed by atoms with Gasteiger partial charge < -0.3 is 18.9 Å². The van der Waals surface area contributed by atoms with Crippen molar-refractivity contribution in [3.63, 3.8) is 0 Å². The van der Waals surface area contributed by atoms with Crippen molar-refractivity contribution in [1.82, 2.24) is 14.5 Å². The Balaban J connectivity index is 1.54. The third-order valence-electron chi connectivity index (χ3n) is 5.40. The fourth-order valence-corrected chi connectivity index (χ4v) is 3.83. The second-order valence-electron chi connectivity index (χ2n) is 8.80. The topological polar surface area (TPSA) is 107 Å². The van der Waals surface area contributed by atoms with Crippen LogP contribution >= 0.6 is 0 Å². The molecule has 1 atom stereocenters. The van der Waals surface area contributed by atoms with E-state index in [4.69, 9.17) is 14.3 Å². The van der Waals surface area contributed by atoms with Gasteiger partial charge in [0.25, 0.3) is 11.8 Å². The van der Waals surface area contributed by atoms with Crippen LogP contribution in [-0.2, 0) is 21.4 Å². The maximum Gasteiger partial charge on any atom is 0.411 e. The molecule has 0 radical (unpaired) electrons. The lowest BCUT2D eigenvalue weighted by atomic mass is 10.1. The van der Waals surface area contributed by atoms with Crippen molar-refractivity contribution in [3.05, 3.63) is 58.9 Å². The molecule has 1 unspecified atom stereocenters. The van der Waals surface area contributed by atoms with E-state index in [9.17, 15) is 19.2 Å². The van der Waals surface area contributed by atoms with Gasteiger partial charge in [-0.25, -0.2) is 9.59 Å². The zero-order chi connectivity index (χ0) is 23.9. The van der Waals surface area contributed by atoms with Crippen LogP contribution in [0.3, 0.4) is 0 Å². The molecule has 0 spiro atoms. The van der Waals surface area contributed by atoms with E-state index in [1.807, 2.05) is 0 Å². The smallest absolute Gasteiger partial charge is 0.411 e. The van der Waals surface area contributed by atoms with Crippen molar-refractivity contribution in [2.45, 2.75) is 32.4 Å². The van der Waals surface area contributed by atoms with Crippen molar-refractivity contribution in [3.8, 4) is 0 Å². The highest BCUT2D eigenvalue weighted by atomic mass is 16.7. The average molecular weight is 455 g/mol. The molecule has 3 heterocycles. The lowest BCUT2D eigenvalue weighted by molar-refractivity contribution is -0.0592. The van der Waals surface area contributed by atoms with Crippen molar-refractivity contribution in [2.24, 2.45) is 7.05 Å². The molecule has 174 valence electrons. The van der Waals surface area contributed by atoms with Crippen LogP contribution in [0.2, 0.25) is 0 Å². The predicted octanol–water partition coefficient (Wildman–Crippen LogP) is 2.70. The molecule has 0 N–H and O–H groups in total. The monoisotopic (exact) mass is 455 g/mol. The lowest BCUT2D eigenvalue weighted by Gasteiger charge is -2.36. The third-order valence-corrected chi connectivity index (χ3v) is 5.40. The Bertz CT molecular complexity index is 1100. The zero-order valence-electron chi connectivity index (χ0n) is 18.9. The first kappa shape index (κ1) is 22.5. The molecule has 2 aromatic rings. The summed E-state index contributed by atoms with van der Waals surface area (Å²) in [6.45, 7) is 6.29. The molecule has 1 saturated heterocycles. The molecular formula is C23H25N3O7. The van der Waals surface area contributed by atoms with Gasteiger partial charge in [-0.15, -0.1) is 0 Å². The minimum Gasteiger partial charge on any atom is -0.444 e. The number of carbonyl (C=O) groups excluding carboxylic acids is 4. The Morgan fingerprint density at radius 2 is 1.67 bits per heavy atom. The van der Waals surface area contributed by atoms with Crippen LogP contribution in [0.4, 0.5) is 4.79 Å². The molecule has 0 saturated carbocycles. The number of nitrogens with zero attached hydrogens (tertiary/aromatic N) is 3. The number of carbonyl (C=O) groups is 4. The Labute approximate surface area is 190 Å². The highest BCUT2D eigenvalue weighted by Gasteiger charge is 2.40. The molecule has 1 aromatic heterocycles. The van der Waals surface area contributed by atoms with Gasteiger partial charge in [-0.05, 0) is 45.0 Å². The third kappa shape index (κ3) is 4.21. The summed E-state index contributed by atoms with van der Waals surface area (Å²) >= 11 is 0. The van der Waals surface area contributed by atoms with Crippen LogP contribution in [-0.4, -0.2) is 63.8 Å². The van der Waals surface area contributed by atoms with Crippen LogP contribution in [0.1, 0.15) is 63.7 Å². The number of imide groups is 1. The maximum absolute atomic E-state index is 12.8. The van der Waals surface area contributed by atoms with E-state index < -0.39 is 35.5 Å². The van der Waals surface area contributed by atoms with Crippen molar-refractivity contribution >= 4 is 23.9 Å². The van der Waals surface area contributed by atoms with Gasteiger partial charge in [0, 0.05) is 19.3 Å². The Morgan fingerprint density at radius 3 is 2.27 bits per heavy atom. The summed E-state index contributed by atoms with van der Waals surface area (Å²) < 4.78 is 12.6. The number of ether oxygens (including phenoxy) is 2. The molecule has 0 aliphatic carbocycles. The minimum atomic E-state index is -0.876. The largest absolute Gasteiger partial charge is 0.444 e. The summed E-state index contributed by atoms with van der Waals surface area (Å²) in [6.07, 6.45) is -0.479. The molecule has 33 heavy (non-hydrogen) atoms. The number of morpholine rings is 1.